The smallest absolute Gasteiger partial charge is 0.355 e. The van der Waals surface area contributed by atoms with E-state index in [1.165, 1.54) is 5.38 Å². The Hall–Kier alpha value is -0.990. The van der Waals surface area contributed by atoms with Gasteiger partial charge < -0.3 is 5.11 Å². The largest absolute Gasteiger partial charge is 0.476 e. The third kappa shape index (κ3) is 2.98. The molecule has 0 saturated carbocycles. The highest BCUT2D eigenvalue weighted by molar-refractivity contribution is 7.91. The maximum atomic E-state index is 11.5. The van der Waals surface area contributed by atoms with Gasteiger partial charge in [-0.25, -0.2) is 22.9 Å². The molecule has 0 unspecified atom stereocenters. The molecule has 0 aliphatic carbocycles. The minimum atomic E-state index is -3.64. The standard InChI is InChI=1S/C7H10N2O4S2/c1-2-3-8-15(12,13)7-9-5(4-14-7)6(10)11/h4,8H,2-3H2,1H3,(H,10,11). The third-order valence-electron chi connectivity index (χ3n) is 1.47. The molecule has 0 fully saturated rings. The highest BCUT2D eigenvalue weighted by Gasteiger charge is 2.19. The summed E-state index contributed by atoms with van der Waals surface area (Å²) in [6, 6.07) is 0. The van der Waals surface area contributed by atoms with E-state index in [1.54, 1.807) is 0 Å². The van der Waals surface area contributed by atoms with Crippen LogP contribution in [0.5, 0.6) is 0 Å². The lowest BCUT2D eigenvalue weighted by atomic mass is 10.5. The molecule has 15 heavy (non-hydrogen) atoms. The van der Waals surface area contributed by atoms with Crippen LogP contribution >= 0.6 is 11.3 Å². The Bertz CT molecular complexity index is 451. The van der Waals surface area contributed by atoms with Gasteiger partial charge in [0.2, 0.25) is 4.34 Å². The van der Waals surface area contributed by atoms with Crippen molar-refractivity contribution in [1.82, 2.24) is 9.71 Å². The fourth-order valence-corrected chi connectivity index (χ4v) is 2.94. The number of hydrogen-bond donors (Lipinski definition) is 2. The molecular formula is C7H10N2O4S2. The fraction of sp³-hybridized carbons (Fsp3) is 0.429. The van der Waals surface area contributed by atoms with Gasteiger partial charge >= 0.3 is 5.97 Å². The highest BCUT2D eigenvalue weighted by atomic mass is 32.2. The van der Waals surface area contributed by atoms with E-state index < -0.39 is 16.0 Å². The lowest BCUT2D eigenvalue weighted by molar-refractivity contribution is 0.0691. The Morgan fingerprint density at radius 1 is 1.67 bits per heavy atom. The first kappa shape index (κ1) is 12.1. The second kappa shape index (κ2) is 4.69. The zero-order valence-corrected chi connectivity index (χ0v) is 9.56. The molecule has 0 spiro atoms. The first-order valence-corrected chi connectivity index (χ1v) is 6.52. The molecule has 1 aromatic heterocycles. The zero-order valence-electron chi connectivity index (χ0n) is 7.93. The van der Waals surface area contributed by atoms with Crippen molar-refractivity contribution < 1.29 is 18.3 Å². The Labute approximate surface area is 91.0 Å². The Morgan fingerprint density at radius 3 is 2.80 bits per heavy atom. The summed E-state index contributed by atoms with van der Waals surface area (Å²) in [6.07, 6.45) is 0.663. The van der Waals surface area contributed by atoms with E-state index in [2.05, 4.69) is 9.71 Å². The minimum Gasteiger partial charge on any atom is -0.476 e. The summed E-state index contributed by atoms with van der Waals surface area (Å²) in [5, 5.41) is 9.77. The van der Waals surface area contributed by atoms with Crippen LogP contribution in [0.2, 0.25) is 0 Å². The van der Waals surface area contributed by atoms with E-state index >= 15 is 0 Å². The number of carbonyl (C=O) groups is 1. The molecule has 0 aliphatic rings. The van der Waals surface area contributed by atoms with Crippen molar-refractivity contribution in [3.05, 3.63) is 11.1 Å². The van der Waals surface area contributed by atoms with Gasteiger partial charge in [-0.2, -0.15) is 0 Å². The number of rotatable bonds is 5. The molecule has 0 amide bonds. The van der Waals surface area contributed by atoms with Crippen LogP contribution in [-0.2, 0) is 10.0 Å². The van der Waals surface area contributed by atoms with Gasteiger partial charge in [0, 0.05) is 11.9 Å². The number of carboxylic acids is 1. The van der Waals surface area contributed by atoms with Crippen LogP contribution in [0.4, 0.5) is 0 Å². The number of aromatic carboxylic acids is 1. The summed E-state index contributed by atoms with van der Waals surface area (Å²) < 4.78 is 25.0. The van der Waals surface area contributed by atoms with Gasteiger partial charge in [-0.15, -0.1) is 11.3 Å². The summed E-state index contributed by atoms with van der Waals surface area (Å²) >= 11 is 0.793. The van der Waals surface area contributed by atoms with Gasteiger partial charge in [-0.3, -0.25) is 0 Å². The van der Waals surface area contributed by atoms with Crippen LogP contribution < -0.4 is 4.72 Å². The van der Waals surface area contributed by atoms with Gasteiger partial charge in [0.15, 0.2) is 5.69 Å². The van der Waals surface area contributed by atoms with Crippen molar-refractivity contribution in [1.29, 1.82) is 0 Å². The van der Waals surface area contributed by atoms with E-state index in [9.17, 15) is 13.2 Å². The van der Waals surface area contributed by atoms with Crippen LogP contribution in [0.3, 0.4) is 0 Å². The number of thiazole rings is 1. The highest BCUT2D eigenvalue weighted by Crippen LogP contribution is 2.15. The van der Waals surface area contributed by atoms with Crippen LogP contribution in [0.25, 0.3) is 0 Å². The van der Waals surface area contributed by atoms with E-state index in [0.29, 0.717) is 13.0 Å². The van der Waals surface area contributed by atoms with Crippen molar-refractivity contribution in [3.8, 4) is 0 Å². The Morgan fingerprint density at radius 2 is 2.33 bits per heavy atom. The van der Waals surface area contributed by atoms with E-state index in [1.807, 2.05) is 6.92 Å². The van der Waals surface area contributed by atoms with Crippen molar-refractivity contribution >= 4 is 27.3 Å². The van der Waals surface area contributed by atoms with Gasteiger partial charge in [0.05, 0.1) is 0 Å². The summed E-state index contributed by atoms with van der Waals surface area (Å²) in [7, 11) is -3.64. The summed E-state index contributed by atoms with van der Waals surface area (Å²) in [6.45, 7) is 2.14. The minimum absolute atomic E-state index is 0.214. The molecule has 84 valence electrons. The molecule has 0 bridgehead atoms. The molecule has 2 N–H and O–H groups in total. The second-order valence-electron chi connectivity index (χ2n) is 2.70. The van der Waals surface area contributed by atoms with Gasteiger partial charge in [0.25, 0.3) is 10.0 Å². The van der Waals surface area contributed by atoms with Crippen molar-refractivity contribution in [2.75, 3.05) is 6.54 Å². The molecule has 6 nitrogen and oxygen atoms in total. The molecular weight excluding hydrogens is 240 g/mol. The van der Waals surface area contributed by atoms with E-state index in [0.717, 1.165) is 11.3 Å². The maximum Gasteiger partial charge on any atom is 0.355 e. The summed E-state index contributed by atoms with van der Waals surface area (Å²) in [5.41, 5.74) is -0.253. The molecule has 1 heterocycles. The predicted octanol–water partition coefficient (Wildman–Crippen LogP) is 0.530. The molecule has 8 heteroatoms. The Balaban J connectivity index is 2.91. The van der Waals surface area contributed by atoms with E-state index in [4.69, 9.17) is 5.11 Å². The lowest BCUT2D eigenvalue weighted by Gasteiger charge is -2.00. The number of sulfonamides is 1. The molecule has 0 atom stereocenters. The molecule has 0 saturated heterocycles. The molecule has 0 radical (unpaired) electrons. The van der Waals surface area contributed by atoms with E-state index in [-0.39, 0.29) is 10.0 Å². The fourth-order valence-electron chi connectivity index (χ4n) is 0.777. The van der Waals surface area contributed by atoms with Crippen molar-refractivity contribution in [3.63, 3.8) is 0 Å². The van der Waals surface area contributed by atoms with Crippen LogP contribution in [0.1, 0.15) is 23.8 Å². The molecule has 1 aromatic rings. The Kier molecular flexibility index (Phi) is 3.77. The molecule has 0 aromatic carbocycles. The van der Waals surface area contributed by atoms with Gasteiger partial charge in [-0.05, 0) is 6.42 Å². The van der Waals surface area contributed by atoms with Crippen LogP contribution in [0, 0.1) is 0 Å². The van der Waals surface area contributed by atoms with Gasteiger partial charge in [0.1, 0.15) is 0 Å². The second-order valence-corrected chi connectivity index (χ2v) is 5.50. The van der Waals surface area contributed by atoms with Crippen LogP contribution in [-0.4, -0.2) is 31.0 Å². The average molecular weight is 250 g/mol. The van der Waals surface area contributed by atoms with Gasteiger partial charge in [-0.1, -0.05) is 6.92 Å². The third-order valence-corrected chi connectivity index (χ3v) is 4.19. The van der Waals surface area contributed by atoms with Crippen molar-refractivity contribution in [2.24, 2.45) is 0 Å². The number of nitrogens with zero attached hydrogens (tertiary/aromatic N) is 1. The van der Waals surface area contributed by atoms with Crippen LogP contribution in [0.15, 0.2) is 9.72 Å². The number of nitrogens with one attached hydrogen (secondary N) is 1. The summed E-state index contributed by atoms with van der Waals surface area (Å²) in [4.78, 5) is 14.0. The number of aromatic nitrogens is 1. The maximum absolute atomic E-state index is 11.5. The monoisotopic (exact) mass is 250 g/mol. The summed E-state index contributed by atoms with van der Waals surface area (Å²) in [5.74, 6) is -1.23. The normalized spacial score (nSPS) is 11.5. The van der Waals surface area contributed by atoms with Crippen molar-refractivity contribution in [2.45, 2.75) is 17.7 Å². The average Bonchev–Trinajstić information content (AvgIpc) is 2.64. The quantitative estimate of drug-likeness (QED) is 0.794. The predicted molar refractivity (Wildman–Crippen MR) is 54.6 cm³/mol. The lowest BCUT2D eigenvalue weighted by Crippen LogP contribution is -2.24. The molecule has 1 rings (SSSR count). The SMILES string of the molecule is CCCNS(=O)(=O)c1nc(C(=O)O)cs1. The topological polar surface area (TPSA) is 96.4 Å². The first-order valence-electron chi connectivity index (χ1n) is 4.16. The zero-order chi connectivity index (χ0) is 11.5. The first-order chi connectivity index (χ1) is 6.97. The number of hydrogen-bond acceptors (Lipinski definition) is 5. The molecule has 0 aliphatic heterocycles. The number of carboxylic acid groups (broad SMARTS) is 1.